The molecule has 0 saturated heterocycles. The minimum Gasteiger partial charge on any atom is -0.350 e. The molecule has 0 atom stereocenters. The lowest BCUT2D eigenvalue weighted by Gasteiger charge is -2.55. The van der Waals surface area contributed by atoms with E-state index in [4.69, 9.17) is 0 Å². The van der Waals surface area contributed by atoms with Crippen molar-refractivity contribution in [1.29, 1.82) is 0 Å². The lowest BCUT2D eigenvalue weighted by atomic mass is 9.49. The largest absolute Gasteiger partial charge is 0.350 e. The molecule has 2 aromatic heterocycles. The maximum Gasteiger partial charge on any atom is 0.226 e. The Morgan fingerprint density at radius 1 is 1.20 bits per heavy atom. The number of carbonyl (C=O) groups is 1. The van der Waals surface area contributed by atoms with Crippen molar-refractivity contribution in [3.8, 4) is 10.6 Å². The van der Waals surface area contributed by atoms with Crippen LogP contribution in [0.25, 0.3) is 10.6 Å². The van der Waals surface area contributed by atoms with E-state index in [-0.39, 0.29) is 11.3 Å². The van der Waals surface area contributed by atoms with Gasteiger partial charge in [-0.15, -0.1) is 11.3 Å². The van der Waals surface area contributed by atoms with Gasteiger partial charge in [0.2, 0.25) is 5.91 Å². The van der Waals surface area contributed by atoms with Crippen LogP contribution in [0.15, 0.2) is 29.9 Å². The quantitative estimate of drug-likeness (QED) is 0.902. The van der Waals surface area contributed by atoms with Crippen molar-refractivity contribution in [3.63, 3.8) is 0 Å². The number of pyridine rings is 1. The molecule has 4 nitrogen and oxygen atoms in total. The van der Waals surface area contributed by atoms with Gasteiger partial charge in [0.05, 0.1) is 12.2 Å². The zero-order valence-corrected chi connectivity index (χ0v) is 15.1. The average Bonchev–Trinajstić information content (AvgIpc) is 3.08. The van der Waals surface area contributed by atoms with E-state index in [1.54, 1.807) is 17.5 Å². The molecule has 4 saturated carbocycles. The summed E-state index contributed by atoms with van der Waals surface area (Å²) in [5.74, 6) is 2.68. The molecule has 2 aromatic rings. The minimum atomic E-state index is -0.0725. The van der Waals surface area contributed by atoms with Crippen molar-refractivity contribution in [2.75, 3.05) is 0 Å². The van der Waals surface area contributed by atoms with Crippen LogP contribution in [0.5, 0.6) is 0 Å². The summed E-state index contributed by atoms with van der Waals surface area (Å²) >= 11 is 1.61. The van der Waals surface area contributed by atoms with Crippen LogP contribution in [-0.4, -0.2) is 15.9 Å². The van der Waals surface area contributed by atoms with Gasteiger partial charge in [-0.2, -0.15) is 0 Å². The SMILES string of the molecule is O=C(NCc1csc(-c2cccnc2)n1)C12CC3CC(CC(C3)C1)C2. The van der Waals surface area contributed by atoms with Gasteiger partial charge in [0.1, 0.15) is 5.01 Å². The molecule has 2 heterocycles. The topological polar surface area (TPSA) is 54.9 Å². The van der Waals surface area contributed by atoms with Gasteiger partial charge in [0, 0.05) is 28.8 Å². The third-order valence-corrected chi connectivity index (χ3v) is 7.35. The fraction of sp³-hybridized carbons (Fsp3) is 0.550. The second-order valence-electron chi connectivity index (χ2n) is 8.27. The van der Waals surface area contributed by atoms with Crippen molar-refractivity contribution < 1.29 is 4.79 Å². The number of carbonyl (C=O) groups excluding carboxylic acids is 1. The molecule has 0 unspecified atom stereocenters. The van der Waals surface area contributed by atoms with E-state index in [1.807, 2.05) is 23.7 Å². The molecule has 4 aliphatic carbocycles. The second kappa shape index (κ2) is 5.90. The van der Waals surface area contributed by atoms with Crippen molar-refractivity contribution in [1.82, 2.24) is 15.3 Å². The van der Waals surface area contributed by atoms with E-state index in [1.165, 1.54) is 19.3 Å². The van der Waals surface area contributed by atoms with E-state index in [9.17, 15) is 4.79 Å². The monoisotopic (exact) mass is 353 g/mol. The van der Waals surface area contributed by atoms with Crippen LogP contribution in [0.3, 0.4) is 0 Å². The molecule has 130 valence electrons. The van der Waals surface area contributed by atoms with Gasteiger partial charge in [-0.05, 0) is 68.4 Å². The maximum absolute atomic E-state index is 13.0. The molecule has 0 aromatic carbocycles. The zero-order chi connectivity index (χ0) is 16.9. The van der Waals surface area contributed by atoms with E-state index >= 15 is 0 Å². The summed E-state index contributed by atoms with van der Waals surface area (Å²) in [6.07, 6.45) is 11.0. The predicted octanol–water partition coefficient (Wildman–Crippen LogP) is 4.04. The second-order valence-corrected chi connectivity index (χ2v) is 9.12. The molecule has 0 spiro atoms. The van der Waals surface area contributed by atoms with Crippen LogP contribution < -0.4 is 5.32 Å². The van der Waals surface area contributed by atoms with Crippen LogP contribution in [0.1, 0.15) is 44.2 Å². The van der Waals surface area contributed by atoms with Crippen molar-refractivity contribution in [2.45, 2.75) is 45.1 Å². The first-order valence-corrected chi connectivity index (χ1v) is 10.2. The van der Waals surface area contributed by atoms with Gasteiger partial charge < -0.3 is 5.32 Å². The summed E-state index contributed by atoms with van der Waals surface area (Å²) in [6.45, 7) is 0.539. The van der Waals surface area contributed by atoms with Crippen molar-refractivity contribution in [3.05, 3.63) is 35.6 Å². The Morgan fingerprint density at radius 2 is 1.92 bits per heavy atom. The highest BCUT2D eigenvalue weighted by molar-refractivity contribution is 7.13. The van der Waals surface area contributed by atoms with Gasteiger partial charge in [-0.25, -0.2) is 4.98 Å². The molecule has 0 radical (unpaired) electrons. The van der Waals surface area contributed by atoms with Gasteiger partial charge in [0.15, 0.2) is 0 Å². The Morgan fingerprint density at radius 3 is 2.56 bits per heavy atom. The number of aromatic nitrogens is 2. The standard InChI is InChI=1S/C20H23N3OS/c24-19(20-7-13-4-14(8-20)6-15(5-13)9-20)22-11-17-12-25-18(23-17)16-2-1-3-21-10-16/h1-3,10,12-15H,4-9,11H2,(H,22,24). The molecule has 5 heteroatoms. The molecular formula is C20H23N3OS. The number of rotatable bonds is 4. The summed E-state index contributed by atoms with van der Waals surface area (Å²) in [4.78, 5) is 21.8. The molecule has 25 heavy (non-hydrogen) atoms. The molecule has 4 bridgehead atoms. The first-order valence-electron chi connectivity index (χ1n) is 9.33. The highest BCUT2D eigenvalue weighted by Crippen LogP contribution is 2.60. The first kappa shape index (κ1) is 15.5. The number of thiazole rings is 1. The van der Waals surface area contributed by atoms with E-state index in [0.29, 0.717) is 6.54 Å². The number of nitrogens with one attached hydrogen (secondary N) is 1. The Balaban J connectivity index is 1.26. The zero-order valence-electron chi connectivity index (χ0n) is 14.3. The summed E-state index contributed by atoms with van der Waals surface area (Å²) < 4.78 is 0. The lowest BCUT2D eigenvalue weighted by Crippen LogP contribution is -2.53. The third kappa shape index (κ3) is 2.78. The Kier molecular flexibility index (Phi) is 3.66. The Labute approximate surface area is 152 Å². The van der Waals surface area contributed by atoms with Crippen LogP contribution in [-0.2, 0) is 11.3 Å². The van der Waals surface area contributed by atoms with Gasteiger partial charge in [0.25, 0.3) is 0 Å². The van der Waals surface area contributed by atoms with E-state index in [0.717, 1.165) is 53.3 Å². The van der Waals surface area contributed by atoms with E-state index < -0.39 is 0 Å². The summed E-state index contributed by atoms with van der Waals surface area (Å²) in [7, 11) is 0. The molecule has 1 N–H and O–H groups in total. The average molecular weight is 353 g/mol. The van der Waals surface area contributed by atoms with E-state index in [2.05, 4.69) is 15.3 Å². The fourth-order valence-electron chi connectivity index (χ4n) is 5.76. The molecular weight excluding hydrogens is 330 g/mol. The number of hydrogen-bond acceptors (Lipinski definition) is 4. The predicted molar refractivity (Wildman–Crippen MR) is 97.8 cm³/mol. The lowest BCUT2D eigenvalue weighted by molar-refractivity contribution is -0.146. The Bertz CT molecular complexity index is 750. The third-order valence-electron chi connectivity index (χ3n) is 6.41. The van der Waals surface area contributed by atoms with Gasteiger partial charge in [-0.1, -0.05) is 0 Å². The smallest absolute Gasteiger partial charge is 0.226 e. The molecule has 0 aliphatic heterocycles. The van der Waals surface area contributed by atoms with Crippen molar-refractivity contribution in [2.24, 2.45) is 23.2 Å². The molecule has 6 rings (SSSR count). The molecule has 1 amide bonds. The van der Waals surface area contributed by atoms with Crippen LogP contribution in [0.2, 0.25) is 0 Å². The minimum absolute atomic E-state index is 0.0725. The number of nitrogens with zero attached hydrogens (tertiary/aromatic N) is 2. The normalized spacial score (nSPS) is 32.7. The summed E-state index contributed by atoms with van der Waals surface area (Å²) in [6, 6.07) is 3.94. The first-order chi connectivity index (χ1) is 12.2. The summed E-state index contributed by atoms with van der Waals surface area (Å²) in [5.41, 5.74) is 1.91. The fourth-order valence-corrected chi connectivity index (χ4v) is 6.57. The van der Waals surface area contributed by atoms with Crippen molar-refractivity contribution >= 4 is 17.2 Å². The van der Waals surface area contributed by atoms with Gasteiger partial charge >= 0.3 is 0 Å². The van der Waals surface area contributed by atoms with Crippen LogP contribution in [0.4, 0.5) is 0 Å². The summed E-state index contributed by atoms with van der Waals surface area (Å²) in [5, 5.41) is 6.22. The Hall–Kier alpha value is -1.75. The number of hydrogen-bond donors (Lipinski definition) is 1. The highest BCUT2D eigenvalue weighted by atomic mass is 32.1. The molecule has 4 aliphatic rings. The van der Waals surface area contributed by atoms with Gasteiger partial charge in [-0.3, -0.25) is 9.78 Å². The molecule has 4 fully saturated rings. The number of amides is 1. The van der Waals surface area contributed by atoms with Crippen LogP contribution >= 0.6 is 11.3 Å². The highest BCUT2D eigenvalue weighted by Gasteiger charge is 2.54. The maximum atomic E-state index is 13.0. The van der Waals surface area contributed by atoms with Crippen LogP contribution in [0, 0.1) is 23.2 Å².